The second-order valence-electron chi connectivity index (χ2n) is 5.44. The highest BCUT2D eigenvalue weighted by molar-refractivity contribution is 5.37. The summed E-state index contributed by atoms with van der Waals surface area (Å²) in [6.07, 6.45) is 1.80. The van der Waals surface area contributed by atoms with Gasteiger partial charge in [-0.25, -0.2) is 4.79 Å². The van der Waals surface area contributed by atoms with Crippen LogP contribution in [0, 0.1) is 0 Å². The predicted molar refractivity (Wildman–Crippen MR) is 84.0 cm³/mol. The van der Waals surface area contributed by atoms with Crippen LogP contribution in [0.1, 0.15) is 5.69 Å². The minimum Gasteiger partial charge on any atom is -0.355 e. The lowest BCUT2D eigenvalue weighted by atomic mass is 10.2. The fourth-order valence-corrected chi connectivity index (χ4v) is 2.58. The van der Waals surface area contributed by atoms with Gasteiger partial charge in [0, 0.05) is 52.0 Å². The highest BCUT2D eigenvalue weighted by Gasteiger charge is 2.18. The number of nitrogens with zero attached hydrogens (tertiary/aromatic N) is 4. The van der Waals surface area contributed by atoms with E-state index in [-0.39, 0.29) is 11.2 Å². The van der Waals surface area contributed by atoms with E-state index in [9.17, 15) is 9.59 Å². The van der Waals surface area contributed by atoms with Crippen LogP contribution in [-0.4, -0.2) is 45.6 Å². The Labute approximate surface area is 127 Å². The number of hydrogen-bond acceptors (Lipinski definition) is 5. The molecule has 0 unspecified atom stereocenters. The van der Waals surface area contributed by atoms with E-state index in [4.69, 9.17) is 0 Å². The molecule has 0 radical (unpaired) electrons. The van der Waals surface area contributed by atoms with E-state index in [1.165, 1.54) is 13.1 Å². The molecule has 7 heteroatoms. The maximum Gasteiger partial charge on any atom is 0.329 e. The van der Waals surface area contributed by atoms with Crippen molar-refractivity contribution in [3.05, 3.63) is 57.0 Å². The summed E-state index contributed by atoms with van der Waals surface area (Å²) in [5.74, 6) is 0.602. The molecule has 0 bridgehead atoms. The summed E-state index contributed by atoms with van der Waals surface area (Å²) < 4.78 is 1.07. The van der Waals surface area contributed by atoms with Gasteiger partial charge in [-0.05, 0) is 12.1 Å². The van der Waals surface area contributed by atoms with E-state index in [1.54, 1.807) is 6.20 Å². The van der Waals surface area contributed by atoms with Gasteiger partial charge in [-0.2, -0.15) is 0 Å². The molecule has 0 amide bonds. The average molecular weight is 301 g/mol. The first-order valence-corrected chi connectivity index (χ1v) is 7.31. The number of hydrogen-bond donors (Lipinski definition) is 1. The molecule has 1 N–H and O–H groups in total. The fraction of sp³-hybridized carbons (Fsp3) is 0.400. The maximum atomic E-state index is 11.7. The maximum absolute atomic E-state index is 11.7. The second-order valence-corrected chi connectivity index (χ2v) is 5.44. The number of anilines is 1. The Morgan fingerprint density at radius 3 is 2.59 bits per heavy atom. The van der Waals surface area contributed by atoms with Gasteiger partial charge in [-0.1, -0.05) is 6.07 Å². The number of aromatic amines is 1. The first kappa shape index (κ1) is 14.5. The minimum atomic E-state index is -0.376. The van der Waals surface area contributed by atoms with E-state index >= 15 is 0 Å². The van der Waals surface area contributed by atoms with Crippen LogP contribution in [0.15, 0.2) is 40.1 Å². The van der Waals surface area contributed by atoms with Gasteiger partial charge in [0.05, 0.1) is 5.69 Å². The zero-order valence-corrected chi connectivity index (χ0v) is 12.5. The van der Waals surface area contributed by atoms with Crippen molar-refractivity contribution in [1.82, 2.24) is 19.4 Å². The first-order chi connectivity index (χ1) is 10.6. The minimum absolute atomic E-state index is 0.283. The van der Waals surface area contributed by atoms with E-state index in [2.05, 4.69) is 14.9 Å². The normalized spacial score (nSPS) is 16.0. The number of piperazine rings is 1. The summed E-state index contributed by atoms with van der Waals surface area (Å²) in [5, 5.41) is 0. The van der Waals surface area contributed by atoms with E-state index in [0.29, 0.717) is 5.82 Å². The largest absolute Gasteiger partial charge is 0.355 e. The molecule has 2 aromatic heterocycles. The van der Waals surface area contributed by atoms with Crippen LogP contribution < -0.4 is 16.1 Å². The second kappa shape index (κ2) is 6.15. The summed E-state index contributed by atoms with van der Waals surface area (Å²) in [7, 11) is 1.47. The van der Waals surface area contributed by atoms with Crippen LogP contribution in [0.3, 0.4) is 0 Å². The number of rotatable bonds is 3. The Bertz CT molecular complexity index is 713. The zero-order valence-electron chi connectivity index (χ0n) is 12.5. The van der Waals surface area contributed by atoms with Crippen molar-refractivity contribution >= 4 is 5.82 Å². The molecule has 1 fully saturated rings. The summed E-state index contributed by atoms with van der Waals surface area (Å²) >= 11 is 0. The van der Waals surface area contributed by atoms with E-state index in [1.807, 2.05) is 23.1 Å². The number of pyridine rings is 1. The quantitative estimate of drug-likeness (QED) is 0.849. The van der Waals surface area contributed by atoms with Crippen LogP contribution in [0.25, 0.3) is 0 Å². The van der Waals surface area contributed by atoms with Crippen molar-refractivity contribution in [2.24, 2.45) is 7.05 Å². The number of nitrogens with one attached hydrogen (secondary N) is 1. The average Bonchev–Trinajstić information content (AvgIpc) is 2.54. The van der Waals surface area contributed by atoms with Crippen LogP contribution in [-0.2, 0) is 13.6 Å². The third kappa shape index (κ3) is 3.09. The lowest BCUT2D eigenvalue weighted by Crippen LogP contribution is -2.47. The van der Waals surface area contributed by atoms with Gasteiger partial charge < -0.3 is 4.90 Å². The van der Waals surface area contributed by atoms with Crippen molar-refractivity contribution in [3.8, 4) is 0 Å². The van der Waals surface area contributed by atoms with Gasteiger partial charge in [0.15, 0.2) is 0 Å². The van der Waals surface area contributed by atoms with Crippen molar-refractivity contribution in [2.75, 3.05) is 31.1 Å². The van der Waals surface area contributed by atoms with Crippen LogP contribution in [0.4, 0.5) is 5.82 Å². The molecule has 0 spiro atoms. The Kier molecular flexibility index (Phi) is 4.06. The Balaban J connectivity index is 1.65. The van der Waals surface area contributed by atoms with Crippen molar-refractivity contribution in [1.29, 1.82) is 0 Å². The summed E-state index contributed by atoms with van der Waals surface area (Å²) in [4.78, 5) is 34.8. The van der Waals surface area contributed by atoms with Crippen molar-refractivity contribution in [3.63, 3.8) is 0 Å². The standard InChI is InChI=1S/C15H19N5O2/c1-18-14(21)10-13(17-15(18)22)20-8-6-19(7-9-20)11-12-4-2-3-5-16-12/h2-5,10H,6-9,11H2,1H3,(H,17,22). The molecule has 0 aromatic carbocycles. The van der Waals surface area contributed by atoms with Gasteiger partial charge in [0.25, 0.3) is 5.56 Å². The van der Waals surface area contributed by atoms with Gasteiger partial charge in [0.1, 0.15) is 5.82 Å². The molecule has 1 aliphatic rings. The summed E-state index contributed by atoms with van der Waals surface area (Å²) in [6, 6.07) is 7.40. The Morgan fingerprint density at radius 1 is 1.18 bits per heavy atom. The number of aromatic nitrogens is 3. The van der Waals surface area contributed by atoms with Crippen molar-refractivity contribution < 1.29 is 0 Å². The van der Waals surface area contributed by atoms with Gasteiger partial charge in [0.2, 0.25) is 0 Å². The molecular weight excluding hydrogens is 282 g/mol. The third-order valence-electron chi connectivity index (χ3n) is 3.96. The molecule has 7 nitrogen and oxygen atoms in total. The molecule has 0 atom stereocenters. The molecule has 22 heavy (non-hydrogen) atoms. The Morgan fingerprint density at radius 2 is 1.95 bits per heavy atom. The summed E-state index contributed by atoms with van der Waals surface area (Å²) in [5.41, 5.74) is 0.394. The third-order valence-corrected chi connectivity index (χ3v) is 3.96. The van der Waals surface area contributed by atoms with Gasteiger partial charge >= 0.3 is 5.69 Å². The molecule has 116 valence electrons. The number of H-pyrrole nitrogens is 1. The topological polar surface area (TPSA) is 74.2 Å². The smallest absolute Gasteiger partial charge is 0.329 e. The molecule has 3 heterocycles. The highest BCUT2D eigenvalue weighted by atomic mass is 16.2. The molecule has 1 saturated heterocycles. The lowest BCUT2D eigenvalue weighted by Gasteiger charge is -2.35. The van der Waals surface area contributed by atoms with Gasteiger partial charge in [-0.15, -0.1) is 0 Å². The molecule has 1 aliphatic heterocycles. The fourth-order valence-electron chi connectivity index (χ4n) is 2.58. The molecular formula is C15H19N5O2. The van der Waals surface area contributed by atoms with E-state index in [0.717, 1.165) is 43.0 Å². The molecule has 2 aromatic rings. The molecule has 3 rings (SSSR count). The highest BCUT2D eigenvalue weighted by Crippen LogP contribution is 2.11. The van der Waals surface area contributed by atoms with Crippen LogP contribution >= 0.6 is 0 Å². The van der Waals surface area contributed by atoms with E-state index < -0.39 is 0 Å². The zero-order chi connectivity index (χ0) is 15.5. The van der Waals surface area contributed by atoms with Gasteiger partial charge in [-0.3, -0.25) is 24.2 Å². The lowest BCUT2D eigenvalue weighted by molar-refractivity contribution is 0.246. The van der Waals surface area contributed by atoms with Crippen LogP contribution in [0.5, 0.6) is 0 Å². The molecule has 0 saturated carbocycles. The predicted octanol–water partition coefficient (Wildman–Crippen LogP) is -0.209. The summed E-state index contributed by atoms with van der Waals surface area (Å²) in [6.45, 7) is 4.11. The van der Waals surface area contributed by atoms with Crippen molar-refractivity contribution in [2.45, 2.75) is 6.54 Å². The molecule has 0 aliphatic carbocycles. The Hall–Kier alpha value is -2.41. The first-order valence-electron chi connectivity index (χ1n) is 7.31. The SMILES string of the molecule is Cn1c(=O)cc(N2CCN(Cc3ccccn3)CC2)[nH]c1=O. The monoisotopic (exact) mass is 301 g/mol. The van der Waals surface area contributed by atoms with Crippen LogP contribution in [0.2, 0.25) is 0 Å².